The average molecular weight is 428 g/mol. The van der Waals surface area contributed by atoms with E-state index in [4.69, 9.17) is 16.9 Å². The highest BCUT2D eigenvalue weighted by atomic mass is 35.5. The van der Waals surface area contributed by atoms with Gasteiger partial charge in [0.15, 0.2) is 0 Å². The van der Waals surface area contributed by atoms with Crippen molar-refractivity contribution in [3.8, 4) is 6.07 Å². The molecule has 1 unspecified atom stereocenters. The number of nitriles is 1. The maximum absolute atomic E-state index is 12.9. The summed E-state index contributed by atoms with van der Waals surface area (Å²) in [4.78, 5) is 16.7. The normalized spacial score (nSPS) is 11.9. The fourth-order valence-corrected chi connectivity index (χ4v) is 3.23. The van der Waals surface area contributed by atoms with E-state index in [1.165, 1.54) is 30.0 Å². The van der Waals surface area contributed by atoms with Crippen molar-refractivity contribution in [1.82, 2.24) is 15.2 Å². The highest BCUT2D eigenvalue weighted by Gasteiger charge is 2.17. The van der Waals surface area contributed by atoms with Gasteiger partial charge in [-0.3, -0.25) is 9.89 Å². The van der Waals surface area contributed by atoms with Crippen LogP contribution in [0.25, 0.3) is 12.2 Å². The number of amides is 1. The molecule has 1 amide bonds. The number of hydrogen-bond acceptors (Lipinski definition) is 5. The molecule has 0 saturated heterocycles. The molecule has 0 aliphatic heterocycles. The van der Waals surface area contributed by atoms with Crippen molar-refractivity contribution in [3.05, 3.63) is 70.3 Å². The molecule has 1 aromatic heterocycles. The van der Waals surface area contributed by atoms with E-state index in [-0.39, 0.29) is 16.7 Å². The number of aromatic nitrogens is 3. The molecule has 2 aromatic carbocycles. The van der Waals surface area contributed by atoms with E-state index in [2.05, 4.69) is 20.5 Å². The Morgan fingerprint density at radius 3 is 2.76 bits per heavy atom. The Kier molecular flexibility index (Phi) is 6.65. The van der Waals surface area contributed by atoms with E-state index in [0.717, 1.165) is 5.56 Å². The third-order valence-corrected chi connectivity index (χ3v) is 5.07. The Balaban J connectivity index is 1.58. The number of aromatic amines is 1. The van der Waals surface area contributed by atoms with Crippen LogP contribution >= 0.6 is 23.4 Å². The number of hydrogen-bond donors (Lipinski definition) is 2. The molecule has 6 nitrogen and oxygen atoms in total. The zero-order valence-corrected chi connectivity index (χ0v) is 16.8. The zero-order chi connectivity index (χ0) is 20.8. The number of halogens is 2. The molecule has 0 saturated carbocycles. The van der Waals surface area contributed by atoms with Crippen LogP contribution in [0.2, 0.25) is 5.02 Å². The maximum Gasteiger partial charge on any atom is 0.237 e. The fraction of sp³-hybridized carbons (Fsp3) is 0.100. The van der Waals surface area contributed by atoms with Gasteiger partial charge < -0.3 is 5.32 Å². The maximum atomic E-state index is 12.9. The molecule has 146 valence electrons. The molecule has 3 aromatic rings. The van der Waals surface area contributed by atoms with Crippen LogP contribution in [0.5, 0.6) is 0 Å². The quantitative estimate of drug-likeness (QED) is 0.553. The van der Waals surface area contributed by atoms with Gasteiger partial charge in [-0.15, -0.1) is 5.10 Å². The lowest BCUT2D eigenvalue weighted by atomic mass is 10.2. The van der Waals surface area contributed by atoms with E-state index in [0.29, 0.717) is 22.2 Å². The summed E-state index contributed by atoms with van der Waals surface area (Å²) < 4.78 is 12.9. The van der Waals surface area contributed by atoms with Crippen molar-refractivity contribution in [2.24, 2.45) is 0 Å². The predicted octanol–water partition coefficient (Wildman–Crippen LogP) is 4.76. The number of H-pyrrole nitrogens is 1. The second kappa shape index (κ2) is 9.37. The average Bonchev–Trinajstić information content (AvgIpc) is 3.15. The van der Waals surface area contributed by atoms with Crippen molar-refractivity contribution in [1.29, 1.82) is 5.26 Å². The van der Waals surface area contributed by atoms with Crippen LogP contribution in [0.15, 0.2) is 47.6 Å². The highest BCUT2D eigenvalue weighted by Crippen LogP contribution is 2.23. The van der Waals surface area contributed by atoms with E-state index >= 15 is 0 Å². The van der Waals surface area contributed by atoms with Crippen molar-refractivity contribution < 1.29 is 9.18 Å². The fourth-order valence-electron chi connectivity index (χ4n) is 2.27. The monoisotopic (exact) mass is 427 g/mol. The summed E-state index contributed by atoms with van der Waals surface area (Å²) in [6.45, 7) is 1.73. The topological polar surface area (TPSA) is 94.5 Å². The second-order valence-electron chi connectivity index (χ2n) is 5.94. The summed E-state index contributed by atoms with van der Waals surface area (Å²) >= 11 is 7.17. The van der Waals surface area contributed by atoms with Crippen molar-refractivity contribution in [2.75, 3.05) is 5.32 Å². The molecule has 0 fully saturated rings. The van der Waals surface area contributed by atoms with Gasteiger partial charge in [-0.05, 0) is 48.9 Å². The minimum absolute atomic E-state index is 0.246. The molecule has 1 atom stereocenters. The minimum atomic E-state index is -0.464. The van der Waals surface area contributed by atoms with E-state index < -0.39 is 5.25 Å². The third kappa shape index (κ3) is 5.67. The molecule has 0 aliphatic carbocycles. The van der Waals surface area contributed by atoms with Gasteiger partial charge in [0.05, 0.1) is 15.8 Å². The van der Waals surface area contributed by atoms with Crippen molar-refractivity contribution in [3.63, 3.8) is 0 Å². The summed E-state index contributed by atoms with van der Waals surface area (Å²) in [5.74, 6) is -0.0247. The molecule has 29 heavy (non-hydrogen) atoms. The number of nitrogens with zero attached hydrogens (tertiary/aromatic N) is 3. The SMILES string of the molecule is CC(Sc1n[nH]c(/C=C/c2ccc(F)cc2)n1)C(=O)Nc1ccc(C#N)c(Cl)c1. The third-order valence-electron chi connectivity index (χ3n) is 3.79. The Morgan fingerprint density at radius 1 is 1.31 bits per heavy atom. The van der Waals surface area contributed by atoms with Crippen LogP contribution in [0, 0.1) is 17.1 Å². The standard InChI is InChI=1S/C20H15ClFN5OS/c1-12(19(28)24-16-8-5-14(11-23)17(21)10-16)29-20-25-18(26-27-20)9-4-13-2-6-15(22)7-3-13/h2-10,12H,1H3,(H,24,28)(H,25,26,27)/b9-4+. The summed E-state index contributed by atoms with van der Waals surface area (Å²) in [5.41, 5.74) is 1.67. The first-order chi connectivity index (χ1) is 13.9. The Morgan fingerprint density at radius 2 is 2.07 bits per heavy atom. The van der Waals surface area contributed by atoms with Crippen LogP contribution in [0.3, 0.4) is 0 Å². The van der Waals surface area contributed by atoms with Crippen LogP contribution in [-0.4, -0.2) is 26.3 Å². The molecule has 0 bridgehead atoms. The molecule has 9 heteroatoms. The number of nitrogens with one attached hydrogen (secondary N) is 2. The smallest absolute Gasteiger partial charge is 0.237 e. The van der Waals surface area contributed by atoms with Crippen LogP contribution in [-0.2, 0) is 4.79 Å². The summed E-state index contributed by atoms with van der Waals surface area (Å²) in [7, 11) is 0. The largest absolute Gasteiger partial charge is 0.325 e. The molecule has 0 spiro atoms. The van der Waals surface area contributed by atoms with Gasteiger partial charge >= 0.3 is 0 Å². The molecule has 3 rings (SSSR count). The van der Waals surface area contributed by atoms with Crippen LogP contribution in [0.1, 0.15) is 23.9 Å². The number of benzene rings is 2. The van der Waals surface area contributed by atoms with Gasteiger partial charge in [-0.25, -0.2) is 9.37 Å². The summed E-state index contributed by atoms with van der Waals surface area (Å²) in [6, 6.07) is 12.7. The first-order valence-electron chi connectivity index (χ1n) is 8.48. The van der Waals surface area contributed by atoms with Crippen LogP contribution < -0.4 is 5.32 Å². The summed E-state index contributed by atoms with van der Waals surface area (Å²) in [5, 5.41) is 18.7. The van der Waals surface area contributed by atoms with E-state index in [9.17, 15) is 9.18 Å². The first-order valence-corrected chi connectivity index (χ1v) is 9.73. The number of carbonyl (C=O) groups excluding carboxylic acids is 1. The predicted molar refractivity (Wildman–Crippen MR) is 112 cm³/mol. The number of anilines is 1. The van der Waals surface area contributed by atoms with Gasteiger partial charge in [0.2, 0.25) is 11.1 Å². The lowest BCUT2D eigenvalue weighted by Gasteiger charge is -2.10. The van der Waals surface area contributed by atoms with Crippen molar-refractivity contribution >= 4 is 47.1 Å². The van der Waals surface area contributed by atoms with Crippen LogP contribution in [0.4, 0.5) is 10.1 Å². The lowest BCUT2D eigenvalue weighted by molar-refractivity contribution is -0.115. The molecular weight excluding hydrogens is 413 g/mol. The summed E-state index contributed by atoms with van der Waals surface area (Å²) in [6.07, 6.45) is 3.49. The zero-order valence-electron chi connectivity index (χ0n) is 15.2. The van der Waals surface area contributed by atoms with Gasteiger partial charge in [-0.1, -0.05) is 41.6 Å². The molecular formula is C20H15ClFN5OS. The number of rotatable bonds is 6. The molecule has 0 aliphatic rings. The van der Waals surface area contributed by atoms with E-state index in [1.807, 2.05) is 6.07 Å². The molecule has 0 radical (unpaired) electrons. The Hall–Kier alpha value is -3.15. The molecule has 2 N–H and O–H groups in total. The van der Waals surface area contributed by atoms with Gasteiger partial charge in [0, 0.05) is 5.69 Å². The Labute approximate surface area is 175 Å². The minimum Gasteiger partial charge on any atom is -0.325 e. The lowest BCUT2D eigenvalue weighted by Crippen LogP contribution is -2.22. The van der Waals surface area contributed by atoms with Gasteiger partial charge in [0.1, 0.15) is 17.7 Å². The molecule has 1 heterocycles. The number of carbonyl (C=O) groups is 1. The van der Waals surface area contributed by atoms with Gasteiger partial charge in [0.25, 0.3) is 0 Å². The van der Waals surface area contributed by atoms with E-state index in [1.54, 1.807) is 43.3 Å². The van der Waals surface area contributed by atoms with Crippen molar-refractivity contribution in [2.45, 2.75) is 17.3 Å². The number of thioether (sulfide) groups is 1. The van der Waals surface area contributed by atoms with Gasteiger partial charge in [-0.2, -0.15) is 5.26 Å². The highest BCUT2D eigenvalue weighted by molar-refractivity contribution is 8.00. The Bertz CT molecular complexity index is 1090. The first kappa shape index (κ1) is 20.6. The second-order valence-corrected chi connectivity index (χ2v) is 7.66.